The van der Waals surface area contributed by atoms with Crippen molar-refractivity contribution in [2.45, 2.75) is 69.4 Å². The van der Waals surface area contributed by atoms with Crippen LogP contribution >= 0.6 is 23.1 Å². The Labute approximate surface area is 243 Å². The Bertz CT molecular complexity index is 1490. The van der Waals surface area contributed by atoms with Crippen LogP contribution < -0.4 is 11.5 Å². The monoisotopic (exact) mass is 605 g/mol. The van der Waals surface area contributed by atoms with Gasteiger partial charge < -0.3 is 25.0 Å². The Kier molecular flexibility index (Phi) is 7.85. The fourth-order valence-electron chi connectivity index (χ4n) is 4.14. The molecule has 2 saturated heterocycles. The number of amides is 1. The standard InChI is InChI=1S/C23H28BN7O8S2/c1-11-27-13(8-40-11)15(28-39-22(5,6)18(34)37-21(2,3)4)14(32)7-12-16(33)29-9-23(19(35)38-24,41-17(12)29)31-20(36)30(25)10-26-31/h8,10,12,17H,7,9,25H2,1-6H3/b28-15-/t12?,17-,23-/m1/s1. The lowest BCUT2D eigenvalue weighted by atomic mass is 9.90. The van der Waals surface area contributed by atoms with Crippen molar-refractivity contribution in [3.05, 3.63) is 32.9 Å². The molecule has 0 spiro atoms. The molecule has 2 N–H and O–H groups in total. The molecule has 4 rings (SSSR count). The number of thioether (sulfide) groups is 1. The van der Waals surface area contributed by atoms with E-state index in [0.29, 0.717) is 9.68 Å². The minimum absolute atomic E-state index is 0.189. The van der Waals surface area contributed by atoms with Crippen LogP contribution in [0.2, 0.25) is 0 Å². The van der Waals surface area contributed by atoms with E-state index in [4.69, 9.17) is 23.5 Å². The van der Waals surface area contributed by atoms with Crippen LogP contribution in [0.5, 0.6) is 0 Å². The van der Waals surface area contributed by atoms with Crippen molar-refractivity contribution in [3.63, 3.8) is 0 Å². The van der Waals surface area contributed by atoms with E-state index in [1.807, 2.05) is 0 Å². The quantitative estimate of drug-likeness (QED) is 0.0994. The molecule has 4 heterocycles. The zero-order chi connectivity index (χ0) is 30.5. The van der Waals surface area contributed by atoms with Gasteiger partial charge in [-0.05, 0) is 41.5 Å². The molecule has 2 aliphatic heterocycles. The summed E-state index contributed by atoms with van der Waals surface area (Å²) >= 11 is 2.17. The van der Waals surface area contributed by atoms with Gasteiger partial charge in [0.2, 0.25) is 16.4 Å². The highest BCUT2D eigenvalue weighted by molar-refractivity contribution is 8.01. The number of carbonyl (C=O) groups excluding carboxylic acids is 4. The van der Waals surface area contributed by atoms with Crippen LogP contribution in [0.1, 0.15) is 51.7 Å². The van der Waals surface area contributed by atoms with Crippen LogP contribution in [0.15, 0.2) is 21.7 Å². The van der Waals surface area contributed by atoms with Crippen molar-refractivity contribution >= 4 is 60.5 Å². The molecule has 1 unspecified atom stereocenters. The number of carbonyl (C=O) groups is 4. The van der Waals surface area contributed by atoms with Crippen molar-refractivity contribution in [1.82, 2.24) is 24.3 Å². The van der Waals surface area contributed by atoms with Gasteiger partial charge in [0.05, 0.1) is 22.8 Å². The molecule has 2 aliphatic rings. The maximum Gasteiger partial charge on any atom is 0.378 e. The van der Waals surface area contributed by atoms with Gasteiger partial charge in [-0.25, -0.2) is 14.6 Å². The second kappa shape index (κ2) is 10.6. The summed E-state index contributed by atoms with van der Waals surface area (Å²) in [5.41, 5.74) is -3.13. The Hall–Kier alpha value is -3.67. The van der Waals surface area contributed by atoms with Crippen LogP contribution in [-0.2, 0) is 38.3 Å². The fourth-order valence-corrected chi connectivity index (χ4v) is 6.41. The van der Waals surface area contributed by atoms with Crippen molar-refractivity contribution < 1.29 is 33.4 Å². The lowest BCUT2D eigenvalue weighted by Gasteiger charge is -2.40. The number of aromatic nitrogens is 4. The molecule has 2 fully saturated rings. The number of oxime groups is 1. The number of nitrogens with two attached hydrogens (primary N) is 1. The molecule has 2 aromatic rings. The molecule has 3 atom stereocenters. The molecule has 41 heavy (non-hydrogen) atoms. The molecule has 0 bridgehead atoms. The molecular weight excluding hydrogens is 577 g/mol. The van der Waals surface area contributed by atoms with Gasteiger partial charge in [-0.1, -0.05) is 16.9 Å². The highest BCUT2D eigenvalue weighted by Crippen LogP contribution is 2.52. The highest BCUT2D eigenvalue weighted by Gasteiger charge is 2.64. The molecule has 0 aliphatic carbocycles. The molecule has 2 radical (unpaired) electrons. The average molecular weight is 605 g/mol. The largest absolute Gasteiger partial charge is 0.541 e. The van der Waals surface area contributed by atoms with Gasteiger partial charge in [0.1, 0.15) is 17.6 Å². The van der Waals surface area contributed by atoms with Gasteiger partial charge in [0, 0.05) is 11.8 Å². The molecule has 18 heteroatoms. The van der Waals surface area contributed by atoms with E-state index in [2.05, 4.69) is 19.9 Å². The number of Topliss-reactive ketones (excluding diaryl/α,β-unsaturated/α-hetero) is 1. The molecule has 2 aromatic heterocycles. The number of rotatable bonds is 9. The maximum absolute atomic E-state index is 13.5. The van der Waals surface area contributed by atoms with Gasteiger partial charge in [0.15, 0.2) is 11.5 Å². The van der Waals surface area contributed by atoms with Gasteiger partial charge in [-0.3, -0.25) is 14.4 Å². The summed E-state index contributed by atoms with van der Waals surface area (Å²) < 4.78 is 11.3. The summed E-state index contributed by atoms with van der Waals surface area (Å²) in [5.74, 6) is 1.93. The first-order valence-electron chi connectivity index (χ1n) is 12.3. The third-order valence-electron chi connectivity index (χ3n) is 6.20. The fraction of sp³-hybridized carbons (Fsp3) is 0.565. The molecule has 0 saturated carbocycles. The van der Waals surface area contributed by atoms with Gasteiger partial charge >= 0.3 is 25.7 Å². The minimum atomic E-state index is -1.81. The average Bonchev–Trinajstić information content (AvgIpc) is 3.57. The number of β-lactam (4-membered cyclic amide) rings is 1. The first-order valence-corrected chi connectivity index (χ1v) is 14.0. The first kappa shape index (κ1) is 30.3. The number of nitrogens with zero attached hydrogens (tertiary/aromatic N) is 6. The Morgan fingerprint density at radius 2 is 1.93 bits per heavy atom. The van der Waals surface area contributed by atoms with Gasteiger partial charge in [0.25, 0.3) is 0 Å². The summed E-state index contributed by atoms with van der Waals surface area (Å²) in [4.78, 5) is 73.9. The molecule has 1 amide bonds. The number of fused-ring (bicyclic) bond motifs is 1. The van der Waals surface area contributed by atoms with Crippen molar-refractivity contribution in [3.8, 4) is 0 Å². The SMILES string of the molecule is [B]OC(=O)[C@@]1(n2ncn(N)c2=O)CN2C(=O)C(CC(=O)/C(=N\OC(C)(C)C(=O)OC(C)(C)C)c3csc(C)n3)[C@H]2S1. The maximum atomic E-state index is 13.5. The van der Waals surface area contributed by atoms with Gasteiger partial charge in [-0.15, -0.1) is 11.3 Å². The normalized spacial score (nSPS) is 22.6. The number of nitrogen functional groups attached to an aromatic ring is 1. The second-order valence-electron chi connectivity index (χ2n) is 10.9. The summed E-state index contributed by atoms with van der Waals surface area (Å²) in [5, 5.41) is 9.44. The predicted octanol–water partition coefficient (Wildman–Crippen LogP) is -0.165. The van der Waals surface area contributed by atoms with E-state index >= 15 is 0 Å². The smallest absolute Gasteiger partial charge is 0.378 e. The number of hydrogen-bond donors (Lipinski definition) is 1. The lowest BCUT2D eigenvalue weighted by Crippen LogP contribution is -2.58. The van der Waals surface area contributed by atoms with Crippen LogP contribution in [0.4, 0.5) is 0 Å². The second-order valence-corrected chi connectivity index (χ2v) is 13.4. The number of esters is 1. The van der Waals surface area contributed by atoms with Crippen LogP contribution in [0, 0.1) is 12.8 Å². The number of aryl methyl sites for hydroxylation is 1. The van der Waals surface area contributed by atoms with Crippen molar-refractivity contribution in [2.24, 2.45) is 11.1 Å². The Morgan fingerprint density at radius 1 is 1.24 bits per heavy atom. The summed E-state index contributed by atoms with van der Waals surface area (Å²) in [6.45, 7) is 9.47. The van der Waals surface area contributed by atoms with Crippen LogP contribution in [0.3, 0.4) is 0 Å². The zero-order valence-corrected chi connectivity index (χ0v) is 24.8. The molecule has 218 valence electrons. The van der Waals surface area contributed by atoms with Crippen molar-refractivity contribution in [2.75, 3.05) is 12.4 Å². The lowest BCUT2D eigenvalue weighted by molar-refractivity contribution is -0.179. The number of thiazole rings is 1. The zero-order valence-electron chi connectivity index (χ0n) is 23.1. The third kappa shape index (κ3) is 5.62. The predicted molar refractivity (Wildman–Crippen MR) is 147 cm³/mol. The molecular formula is C23H28BN7O8S2. The van der Waals surface area contributed by atoms with E-state index < -0.39 is 56.7 Å². The van der Waals surface area contributed by atoms with E-state index in [1.54, 1.807) is 33.1 Å². The van der Waals surface area contributed by atoms with E-state index in [-0.39, 0.29) is 24.4 Å². The van der Waals surface area contributed by atoms with E-state index in [1.165, 1.54) is 30.1 Å². The topological polar surface area (TPSA) is 190 Å². The number of hydrogen-bond acceptors (Lipinski definition) is 14. The van der Waals surface area contributed by atoms with E-state index in [0.717, 1.165) is 22.8 Å². The van der Waals surface area contributed by atoms with E-state index in [9.17, 15) is 24.0 Å². The summed E-state index contributed by atoms with van der Waals surface area (Å²) in [7, 11) is 5.15. The molecule has 15 nitrogen and oxygen atoms in total. The summed E-state index contributed by atoms with van der Waals surface area (Å²) in [6.07, 6.45) is 0.677. The van der Waals surface area contributed by atoms with Crippen LogP contribution in [0.25, 0.3) is 0 Å². The van der Waals surface area contributed by atoms with Crippen LogP contribution in [-0.4, -0.2) is 84.9 Å². The third-order valence-corrected chi connectivity index (χ3v) is 8.66. The Balaban J connectivity index is 1.58. The first-order chi connectivity index (χ1) is 19.0. The minimum Gasteiger partial charge on any atom is -0.541 e. The Morgan fingerprint density at radius 3 is 2.46 bits per heavy atom. The molecule has 0 aromatic carbocycles. The highest BCUT2D eigenvalue weighted by atomic mass is 32.2. The number of ether oxygens (including phenoxy) is 1. The van der Waals surface area contributed by atoms with Gasteiger partial charge in [-0.2, -0.15) is 14.5 Å². The number of ketones is 1. The summed E-state index contributed by atoms with van der Waals surface area (Å²) in [6, 6.07) is 0. The van der Waals surface area contributed by atoms with Crippen molar-refractivity contribution in [1.29, 1.82) is 0 Å².